The van der Waals surface area contributed by atoms with E-state index in [4.69, 9.17) is 4.74 Å². The van der Waals surface area contributed by atoms with Crippen molar-refractivity contribution < 1.29 is 4.74 Å². The molecule has 102 valence electrons. The minimum Gasteiger partial charge on any atom is -0.371 e. The fourth-order valence-corrected chi connectivity index (χ4v) is 2.45. The summed E-state index contributed by atoms with van der Waals surface area (Å²) < 4.78 is 8.07. The van der Waals surface area contributed by atoms with E-state index >= 15 is 0 Å². The lowest BCUT2D eigenvalue weighted by Gasteiger charge is -2.19. The van der Waals surface area contributed by atoms with Gasteiger partial charge in [0.05, 0.1) is 18.0 Å². The molecule has 1 aromatic rings. The van der Waals surface area contributed by atoms with Crippen LogP contribution >= 0.6 is 0 Å². The third kappa shape index (κ3) is 4.42. The molecule has 2 rings (SSSR count). The zero-order valence-corrected chi connectivity index (χ0v) is 11.6. The van der Waals surface area contributed by atoms with Crippen molar-refractivity contribution in [3.05, 3.63) is 18.7 Å². The summed E-state index contributed by atoms with van der Waals surface area (Å²) in [7, 11) is 0. The molecule has 2 heterocycles. The molecule has 1 N–H and O–H groups in total. The normalized spacial score (nSPS) is 22.4. The molecular weight excluding hydrogens is 226 g/mol. The maximum absolute atomic E-state index is 5.94. The molecule has 0 radical (unpaired) electrons. The van der Waals surface area contributed by atoms with E-state index in [0.29, 0.717) is 6.10 Å². The highest BCUT2D eigenvalue weighted by atomic mass is 16.5. The molecule has 1 aliphatic heterocycles. The van der Waals surface area contributed by atoms with E-state index in [1.807, 2.05) is 18.7 Å². The van der Waals surface area contributed by atoms with Gasteiger partial charge in [-0.15, -0.1) is 0 Å². The molecule has 1 fully saturated rings. The van der Waals surface area contributed by atoms with Crippen molar-refractivity contribution in [1.29, 1.82) is 0 Å². The molecule has 1 atom stereocenters. The molecule has 1 saturated heterocycles. The Hall–Kier alpha value is -0.870. The summed E-state index contributed by atoms with van der Waals surface area (Å²) in [4.78, 5) is 4.03. The Balaban J connectivity index is 1.47. The average molecular weight is 251 g/mol. The van der Waals surface area contributed by atoms with Gasteiger partial charge in [0.2, 0.25) is 0 Å². The number of nitrogens with one attached hydrogen (secondary N) is 1. The smallest absolute Gasteiger partial charge is 0.0945 e. The highest BCUT2D eigenvalue weighted by Gasteiger charge is 2.30. The Morgan fingerprint density at radius 2 is 2.33 bits per heavy atom. The van der Waals surface area contributed by atoms with Gasteiger partial charge in [-0.05, 0) is 46.1 Å². The second kappa shape index (κ2) is 6.34. The minimum atomic E-state index is 0.0910. The van der Waals surface area contributed by atoms with Gasteiger partial charge >= 0.3 is 0 Å². The number of unbranched alkanes of at least 4 members (excludes halogenated alkanes) is 1. The SMILES string of the molecule is CC1(C)CCC(CNCCCCn2ccnc2)O1. The van der Waals surface area contributed by atoms with E-state index in [2.05, 4.69) is 28.7 Å². The van der Waals surface area contributed by atoms with Gasteiger partial charge in [0.1, 0.15) is 0 Å². The number of aromatic nitrogens is 2. The van der Waals surface area contributed by atoms with Crippen LogP contribution < -0.4 is 5.32 Å². The van der Waals surface area contributed by atoms with Gasteiger partial charge in [0, 0.05) is 25.5 Å². The monoisotopic (exact) mass is 251 g/mol. The van der Waals surface area contributed by atoms with E-state index in [1.54, 1.807) is 0 Å². The predicted octanol–water partition coefficient (Wildman–Crippen LogP) is 2.21. The van der Waals surface area contributed by atoms with E-state index < -0.39 is 0 Å². The maximum atomic E-state index is 5.94. The van der Waals surface area contributed by atoms with Crippen LogP contribution in [-0.4, -0.2) is 34.3 Å². The third-order valence-electron chi connectivity index (χ3n) is 3.51. The van der Waals surface area contributed by atoms with Crippen LogP contribution in [0.4, 0.5) is 0 Å². The fraction of sp³-hybridized carbons (Fsp3) is 0.786. The first kappa shape index (κ1) is 13.6. The molecule has 0 amide bonds. The number of rotatable bonds is 7. The Bertz CT molecular complexity index is 335. The first-order valence-electron chi connectivity index (χ1n) is 7.00. The first-order chi connectivity index (χ1) is 8.66. The number of hydrogen-bond acceptors (Lipinski definition) is 3. The largest absolute Gasteiger partial charge is 0.371 e. The molecule has 0 aromatic carbocycles. The van der Waals surface area contributed by atoms with Crippen LogP contribution in [0.15, 0.2) is 18.7 Å². The van der Waals surface area contributed by atoms with Crippen LogP contribution in [0.1, 0.15) is 39.5 Å². The summed E-state index contributed by atoms with van der Waals surface area (Å²) in [6.45, 7) is 7.49. The van der Waals surface area contributed by atoms with Crippen LogP contribution in [0.5, 0.6) is 0 Å². The van der Waals surface area contributed by atoms with E-state index in [-0.39, 0.29) is 5.60 Å². The zero-order chi connectivity index (χ0) is 12.8. The summed E-state index contributed by atoms with van der Waals surface area (Å²) in [6, 6.07) is 0. The van der Waals surface area contributed by atoms with Gasteiger partial charge in [-0.2, -0.15) is 0 Å². The van der Waals surface area contributed by atoms with Gasteiger partial charge in [-0.1, -0.05) is 0 Å². The van der Waals surface area contributed by atoms with E-state index in [1.165, 1.54) is 25.7 Å². The topological polar surface area (TPSA) is 39.1 Å². The molecule has 0 saturated carbocycles. The molecular formula is C14H25N3O. The first-order valence-corrected chi connectivity index (χ1v) is 7.00. The van der Waals surface area contributed by atoms with Gasteiger partial charge < -0.3 is 14.6 Å². The lowest BCUT2D eigenvalue weighted by atomic mass is 10.1. The molecule has 0 bridgehead atoms. The number of aryl methyl sites for hydroxylation is 1. The van der Waals surface area contributed by atoms with Gasteiger partial charge in [-0.25, -0.2) is 4.98 Å². The quantitative estimate of drug-likeness (QED) is 0.755. The molecule has 1 aliphatic rings. The minimum absolute atomic E-state index is 0.0910. The Morgan fingerprint density at radius 1 is 1.44 bits per heavy atom. The molecule has 1 aromatic heterocycles. The van der Waals surface area contributed by atoms with Gasteiger partial charge in [0.15, 0.2) is 0 Å². The van der Waals surface area contributed by atoms with E-state index in [0.717, 1.165) is 19.6 Å². The summed E-state index contributed by atoms with van der Waals surface area (Å²) in [6.07, 6.45) is 10.9. The average Bonchev–Trinajstić information content (AvgIpc) is 2.93. The summed E-state index contributed by atoms with van der Waals surface area (Å²) >= 11 is 0. The molecule has 4 nitrogen and oxygen atoms in total. The van der Waals surface area contributed by atoms with Crippen molar-refractivity contribution in [2.24, 2.45) is 0 Å². The maximum Gasteiger partial charge on any atom is 0.0945 e. The van der Waals surface area contributed by atoms with Gasteiger partial charge in [-0.3, -0.25) is 0 Å². The number of imidazole rings is 1. The van der Waals surface area contributed by atoms with Gasteiger partial charge in [0.25, 0.3) is 0 Å². The van der Waals surface area contributed by atoms with Crippen molar-refractivity contribution in [2.75, 3.05) is 13.1 Å². The van der Waals surface area contributed by atoms with Crippen molar-refractivity contribution >= 4 is 0 Å². The summed E-state index contributed by atoms with van der Waals surface area (Å²) in [5.74, 6) is 0. The van der Waals surface area contributed by atoms with Crippen molar-refractivity contribution in [2.45, 2.75) is 57.8 Å². The third-order valence-corrected chi connectivity index (χ3v) is 3.51. The Kier molecular flexibility index (Phi) is 4.78. The lowest BCUT2D eigenvalue weighted by Crippen LogP contribution is -2.30. The standard InChI is InChI=1S/C14H25N3O/c1-14(2)6-5-13(18-14)11-15-7-3-4-9-17-10-8-16-12-17/h8,10,12-13,15H,3-7,9,11H2,1-2H3. The second-order valence-electron chi connectivity index (χ2n) is 5.75. The number of ether oxygens (including phenoxy) is 1. The molecule has 0 aliphatic carbocycles. The molecule has 4 heteroatoms. The van der Waals surface area contributed by atoms with Crippen LogP contribution in [0.3, 0.4) is 0 Å². The highest BCUT2D eigenvalue weighted by molar-refractivity contribution is 4.81. The van der Waals surface area contributed by atoms with Crippen LogP contribution in [0.25, 0.3) is 0 Å². The molecule has 1 unspecified atom stereocenters. The fourth-order valence-electron chi connectivity index (χ4n) is 2.45. The number of hydrogen-bond donors (Lipinski definition) is 1. The van der Waals surface area contributed by atoms with Crippen LogP contribution in [-0.2, 0) is 11.3 Å². The zero-order valence-electron chi connectivity index (χ0n) is 11.6. The van der Waals surface area contributed by atoms with Crippen LogP contribution in [0, 0.1) is 0 Å². The van der Waals surface area contributed by atoms with Crippen LogP contribution in [0.2, 0.25) is 0 Å². The van der Waals surface area contributed by atoms with E-state index in [9.17, 15) is 0 Å². The Morgan fingerprint density at radius 3 is 3.00 bits per heavy atom. The lowest BCUT2D eigenvalue weighted by molar-refractivity contribution is -0.0141. The highest BCUT2D eigenvalue weighted by Crippen LogP contribution is 2.28. The number of nitrogens with zero attached hydrogens (tertiary/aromatic N) is 2. The molecule has 0 spiro atoms. The summed E-state index contributed by atoms with van der Waals surface area (Å²) in [5.41, 5.74) is 0.0910. The van der Waals surface area contributed by atoms with Crippen molar-refractivity contribution in [3.63, 3.8) is 0 Å². The predicted molar refractivity (Wildman–Crippen MR) is 72.5 cm³/mol. The van der Waals surface area contributed by atoms with Crippen molar-refractivity contribution in [3.8, 4) is 0 Å². The molecule has 18 heavy (non-hydrogen) atoms. The van der Waals surface area contributed by atoms with Crippen molar-refractivity contribution in [1.82, 2.24) is 14.9 Å². The Labute approximate surface area is 110 Å². The summed E-state index contributed by atoms with van der Waals surface area (Å²) in [5, 5.41) is 3.50. The second-order valence-corrected chi connectivity index (χ2v) is 5.75.